The van der Waals surface area contributed by atoms with E-state index in [0.29, 0.717) is 10.0 Å². The van der Waals surface area contributed by atoms with Crippen LogP contribution in [0.15, 0.2) is 41.0 Å². The summed E-state index contributed by atoms with van der Waals surface area (Å²) < 4.78 is 5.21. The molecule has 0 aliphatic carbocycles. The zero-order valence-corrected chi connectivity index (χ0v) is 8.14. The van der Waals surface area contributed by atoms with Crippen molar-refractivity contribution in [1.29, 1.82) is 0 Å². The summed E-state index contributed by atoms with van der Waals surface area (Å²) in [6, 6.07) is 9.00. The fourth-order valence-corrected chi connectivity index (χ4v) is 1.66. The van der Waals surface area contributed by atoms with E-state index in [9.17, 15) is 0 Å². The average Bonchev–Trinajstić information content (AvgIpc) is 2.53. The molecular weight excluding hydrogens is 207 g/mol. The Balaban J connectivity index is 2.53. The number of hydrogen-bond donors (Lipinski definition) is 0. The first-order valence-corrected chi connectivity index (χ1v) is 4.51. The molecule has 1 nitrogen and oxygen atoms in total. The third-order valence-corrected chi connectivity index (χ3v) is 2.10. The lowest BCUT2D eigenvalue weighted by Crippen LogP contribution is -1.74. The molecule has 66 valence electrons. The maximum Gasteiger partial charge on any atom is 0.133 e. The topological polar surface area (TPSA) is 13.1 Å². The third kappa shape index (κ3) is 1.87. The molecule has 3 heteroatoms. The van der Waals surface area contributed by atoms with Crippen molar-refractivity contribution in [1.82, 2.24) is 0 Å². The van der Waals surface area contributed by atoms with Gasteiger partial charge in [0.1, 0.15) is 5.76 Å². The van der Waals surface area contributed by atoms with Gasteiger partial charge in [0.2, 0.25) is 0 Å². The van der Waals surface area contributed by atoms with Gasteiger partial charge >= 0.3 is 0 Å². The highest BCUT2D eigenvalue weighted by Crippen LogP contribution is 2.27. The van der Waals surface area contributed by atoms with Crippen LogP contribution in [-0.2, 0) is 0 Å². The number of hydrogen-bond acceptors (Lipinski definition) is 1. The summed E-state index contributed by atoms with van der Waals surface area (Å²) in [6.07, 6.45) is 1.62. The maximum atomic E-state index is 5.84. The van der Waals surface area contributed by atoms with Crippen molar-refractivity contribution >= 4 is 23.2 Å². The lowest BCUT2D eigenvalue weighted by molar-refractivity contribution is 0.582. The lowest BCUT2D eigenvalue weighted by atomic mass is 10.2. The first-order valence-electron chi connectivity index (χ1n) is 3.76. The van der Waals surface area contributed by atoms with Crippen molar-refractivity contribution in [3.63, 3.8) is 0 Å². The fraction of sp³-hybridized carbons (Fsp3) is 0. The molecule has 0 fully saturated rings. The van der Waals surface area contributed by atoms with E-state index in [0.717, 1.165) is 11.3 Å². The molecule has 2 aromatic rings. The molecular formula is C10H6Cl2O. The number of rotatable bonds is 1. The van der Waals surface area contributed by atoms with Crippen LogP contribution in [0.25, 0.3) is 11.3 Å². The van der Waals surface area contributed by atoms with Crippen LogP contribution < -0.4 is 0 Å². The summed E-state index contributed by atoms with van der Waals surface area (Å²) in [7, 11) is 0. The Bertz CT molecular complexity index is 387. The quantitative estimate of drug-likeness (QED) is 0.689. The van der Waals surface area contributed by atoms with Crippen LogP contribution in [0.2, 0.25) is 10.0 Å². The Hall–Kier alpha value is -0.920. The van der Waals surface area contributed by atoms with Gasteiger partial charge in [-0.3, -0.25) is 0 Å². The van der Waals surface area contributed by atoms with Crippen molar-refractivity contribution in [3.05, 3.63) is 46.6 Å². The predicted molar refractivity (Wildman–Crippen MR) is 54.2 cm³/mol. The molecule has 2 rings (SSSR count). The molecule has 13 heavy (non-hydrogen) atoms. The normalized spacial score (nSPS) is 10.3. The van der Waals surface area contributed by atoms with E-state index >= 15 is 0 Å². The number of furan rings is 1. The van der Waals surface area contributed by atoms with Crippen LogP contribution in [0.3, 0.4) is 0 Å². The standard InChI is InChI=1S/C10H6Cl2O/c11-8-4-7(5-9(12)6-8)10-2-1-3-13-10/h1-6H. The summed E-state index contributed by atoms with van der Waals surface area (Å²) in [4.78, 5) is 0. The average molecular weight is 213 g/mol. The van der Waals surface area contributed by atoms with E-state index in [4.69, 9.17) is 27.6 Å². The number of halogens is 2. The van der Waals surface area contributed by atoms with Crippen molar-refractivity contribution < 1.29 is 4.42 Å². The van der Waals surface area contributed by atoms with Crippen LogP contribution in [-0.4, -0.2) is 0 Å². The van der Waals surface area contributed by atoms with Gasteiger partial charge in [0, 0.05) is 15.6 Å². The summed E-state index contributed by atoms with van der Waals surface area (Å²) >= 11 is 11.7. The summed E-state index contributed by atoms with van der Waals surface area (Å²) in [5.41, 5.74) is 0.891. The Morgan fingerprint density at radius 2 is 1.69 bits per heavy atom. The molecule has 0 saturated carbocycles. The van der Waals surface area contributed by atoms with Gasteiger partial charge in [-0.1, -0.05) is 23.2 Å². The van der Waals surface area contributed by atoms with Gasteiger partial charge in [-0.15, -0.1) is 0 Å². The van der Waals surface area contributed by atoms with Crippen molar-refractivity contribution in [2.24, 2.45) is 0 Å². The maximum absolute atomic E-state index is 5.84. The fourth-order valence-electron chi connectivity index (χ4n) is 1.14. The first-order chi connectivity index (χ1) is 6.25. The van der Waals surface area contributed by atoms with E-state index < -0.39 is 0 Å². The zero-order valence-electron chi connectivity index (χ0n) is 6.63. The van der Waals surface area contributed by atoms with Gasteiger partial charge in [-0.05, 0) is 30.3 Å². The van der Waals surface area contributed by atoms with Crippen molar-refractivity contribution in [2.75, 3.05) is 0 Å². The monoisotopic (exact) mass is 212 g/mol. The van der Waals surface area contributed by atoms with Crippen LogP contribution in [0.4, 0.5) is 0 Å². The van der Waals surface area contributed by atoms with Crippen LogP contribution >= 0.6 is 23.2 Å². The van der Waals surface area contributed by atoms with E-state index in [2.05, 4.69) is 0 Å². The van der Waals surface area contributed by atoms with Gasteiger partial charge in [-0.25, -0.2) is 0 Å². The largest absolute Gasteiger partial charge is 0.464 e. The molecule has 0 aliphatic heterocycles. The highest BCUT2D eigenvalue weighted by molar-refractivity contribution is 6.35. The highest BCUT2D eigenvalue weighted by Gasteiger charge is 2.02. The minimum atomic E-state index is 0.610. The van der Waals surface area contributed by atoms with Crippen molar-refractivity contribution in [3.8, 4) is 11.3 Å². The molecule has 0 aliphatic rings. The molecule has 0 saturated heterocycles. The molecule has 0 atom stereocenters. The Morgan fingerprint density at radius 3 is 2.23 bits per heavy atom. The van der Waals surface area contributed by atoms with Crippen molar-refractivity contribution in [2.45, 2.75) is 0 Å². The second-order valence-electron chi connectivity index (χ2n) is 2.64. The Morgan fingerprint density at radius 1 is 1.00 bits per heavy atom. The van der Waals surface area contributed by atoms with E-state index in [1.165, 1.54) is 0 Å². The molecule has 0 bridgehead atoms. The second-order valence-corrected chi connectivity index (χ2v) is 3.51. The van der Waals surface area contributed by atoms with E-state index in [1.807, 2.05) is 24.3 Å². The molecule has 0 radical (unpaired) electrons. The molecule has 1 aromatic carbocycles. The minimum Gasteiger partial charge on any atom is -0.464 e. The second kappa shape index (κ2) is 3.44. The first kappa shape index (κ1) is 8.67. The molecule has 1 aromatic heterocycles. The number of benzene rings is 1. The smallest absolute Gasteiger partial charge is 0.133 e. The van der Waals surface area contributed by atoms with Crippen LogP contribution in [0, 0.1) is 0 Å². The van der Waals surface area contributed by atoms with Gasteiger partial charge in [-0.2, -0.15) is 0 Å². The van der Waals surface area contributed by atoms with Crippen LogP contribution in [0.1, 0.15) is 0 Å². The minimum absolute atomic E-state index is 0.610. The SMILES string of the molecule is Clc1cc(Cl)cc(-c2ccco2)c1. The highest BCUT2D eigenvalue weighted by atomic mass is 35.5. The van der Waals surface area contributed by atoms with Gasteiger partial charge in [0.05, 0.1) is 6.26 Å². The van der Waals surface area contributed by atoms with Crippen LogP contribution in [0.5, 0.6) is 0 Å². The van der Waals surface area contributed by atoms with Gasteiger partial charge < -0.3 is 4.42 Å². The van der Waals surface area contributed by atoms with Gasteiger partial charge in [0.15, 0.2) is 0 Å². The Labute approximate surface area is 85.9 Å². The summed E-state index contributed by atoms with van der Waals surface area (Å²) in [5.74, 6) is 0.768. The van der Waals surface area contributed by atoms with E-state index in [1.54, 1.807) is 12.3 Å². The summed E-state index contributed by atoms with van der Waals surface area (Å²) in [6.45, 7) is 0. The van der Waals surface area contributed by atoms with Gasteiger partial charge in [0.25, 0.3) is 0 Å². The molecule has 0 unspecified atom stereocenters. The summed E-state index contributed by atoms with van der Waals surface area (Å²) in [5, 5.41) is 1.22. The van der Waals surface area contributed by atoms with E-state index in [-0.39, 0.29) is 0 Å². The third-order valence-electron chi connectivity index (χ3n) is 1.67. The molecule has 1 heterocycles. The molecule has 0 amide bonds. The molecule has 0 spiro atoms. The Kier molecular flexibility index (Phi) is 2.30. The predicted octanol–water partition coefficient (Wildman–Crippen LogP) is 4.25. The molecule has 0 N–H and O–H groups in total. The lowest BCUT2D eigenvalue weighted by Gasteiger charge is -1.98. The zero-order chi connectivity index (χ0) is 9.26.